The maximum atomic E-state index is 13.5. The summed E-state index contributed by atoms with van der Waals surface area (Å²) in [6.07, 6.45) is 1.51. The maximum Gasteiger partial charge on any atom is 0.357 e. The van der Waals surface area contributed by atoms with E-state index >= 15 is 0 Å². The third kappa shape index (κ3) is 8.04. The van der Waals surface area contributed by atoms with Gasteiger partial charge in [-0.1, -0.05) is 48.5 Å². The van der Waals surface area contributed by atoms with Crippen molar-refractivity contribution < 1.29 is 22.6 Å². The largest absolute Gasteiger partial charge is 0.357 e. The molecule has 2 atom stereocenters. The highest BCUT2D eigenvalue weighted by atomic mass is 32.2. The van der Waals surface area contributed by atoms with E-state index in [1.54, 1.807) is 23.5 Å². The van der Waals surface area contributed by atoms with Crippen molar-refractivity contribution >= 4 is 50.9 Å². The van der Waals surface area contributed by atoms with Crippen LogP contribution in [0.5, 0.6) is 0 Å². The molecule has 12 heteroatoms. The van der Waals surface area contributed by atoms with E-state index in [4.69, 9.17) is 9.54 Å². The average molecular weight is 571 g/mol. The summed E-state index contributed by atoms with van der Waals surface area (Å²) in [5.41, 5.74) is 2.69. The number of nitrogens with zero attached hydrogens (tertiary/aromatic N) is 1. The molecule has 4 rings (SSSR count). The average Bonchev–Trinajstić information content (AvgIpc) is 3.59. The topological polar surface area (TPSA) is 137 Å². The van der Waals surface area contributed by atoms with Gasteiger partial charge in [-0.2, -0.15) is 8.42 Å². The minimum atomic E-state index is -4.38. The van der Waals surface area contributed by atoms with Crippen molar-refractivity contribution in [3.05, 3.63) is 94.3 Å². The molecule has 38 heavy (non-hydrogen) atoms. The van der Waals surface area contributed by atoms with Crippen LogP contribution in [-0.4, -0.2) is 42.7 Å². The molecule has 0 radical (unpaired) electrons. The van der Waals surface area contributed by atoms with Crippen LogP contribution in [0.2, 0.25) is 0 Å². The van der Waals surface area contributed by atoms with E-state index in [0.29, 0.717) is 18.5 Å². The predicted molar refractivity (Wildman–Crippen MR) is 150 cm³/mol. The van der Waals surface area contributed by atoms with Gasteiger partial charge in [0.2, 0.25) is 5.91 Å². The summed E-state index contributed by atoms with van der Waals surface area (Å²) in [6.45, 7) is 0.0387. The van der Waals surface area contributed by atoms with E-state index in [-0.39, 0.29) is 18.1 Å². The summed E-state index contributed by atoms with van der Waals surface area (Å²) in [7, 11) is -4.38. The Hall–Kier alpha value is -3.42. The number of thiophene rings is 1. The molecule has 0 saturated carbocycles. The van der Waals surface area contributed by atoms with Crippen molar-refractivity contribution in [2.24, 2.45) is 0 Å². The molecule has 4 aromatic rings. The Kier molecular flexibility index (Phi) is 9.37. The zero-order valence-corrected chi connectivity index (χ0v) is 22.6. The van der Waals surface area contributed by atoms with Crippen LogP contribution in [-0.2, 0) is 32.7 Å². The lowest BCUT2D eigenvalue weighted by Crippen LogP contribution is -2.47. The number of amides is 1. The summed E-state index contributed by atoms with van der Waals surface area (Å²) in [5, 5.41) is 10.9. The van der Waals surface area contributed by atoms with Crippen LogP contribution in [0.25, 0.3) is 9.88 Å². The summed E-state index contributed by atoms with van der Waals surface area (Å²) < 4.78 is 33.2. The lowest BCUT2D eigenvalue weighted by atomic mass is 10.0. The number of anilines is 1. The zero-order valence-electron chi connectivity index (χ0n) is 20.1. The molecule has 0 bridgehead atoms. The second kappa shape index (κ2) is 12.9. The molecular formula is C26H26N4O5S3. The van der Waals surface area contributed by atoms with Crippen LogP contribution in [0.3, 0.4) is 0 Å². The zero-order chi connectivity index (χ0) is 27.0. The van der Waals surface area contributed by atoms with Crippen LogP contribution in [0.4, 0.5) is 5.69 Å². The SMILES string of the molecule is O=CCN[C@@H](Cc1ccccc1)C(=O)N[C@@H](Cc1ccc(NS(=O)(=O)O)cc1)c1csc(-c2cccs2)n1. The van der Waals surface area contributed by atoms with Gasteiger partial charge >= 0.3 is 10.3 Å². The van der Waals surface area contributed by atoms with Crippen molar-refractivity contribution in [2.45, 2.75) is 24.9 Å². The van der Waals surface area contributed by atoms with E-state index < -0.39 is 22.4 Å². The number of aldehydes is 1. The van der Waals surface area contributed by atoms with Crippen molar-refractivity contribution in [1.29, 1.82) is 0 Å². The number of hydrogen-bond acceptors (Lipinski definition) is 8. The van der Waals surface area contributed by atoms with Gasteiger partial charge in [0, 0.05) is 5.38 Å². The highest BCUT2D eigenvalue weighted by molar-refractivity contribution is 7.87. The Balaban J connectivity index is 1.57. The molecule has 2 heterocycles. The van der Waals surface area contributed by atoms with E-state index in [9.17, 15) is 18.0 Å². The number of hydrogen-bond donors (Lipinski definition) is 4. The number of aromatic nitrogens is 1. The van der Waals surface area contributed by atoms with Crippen molar-refractivity contribution in [3.8, 4) is 9.88 Å². The minimum Gasteiger partial charge on any atom is -0.346 e. The van der Waals surface area contributed by atoms with Gasteiger partial charge in [0.15, 0.2) is 0 Å². The minimum absolute atomic E-state index is 0.0387. The molecule has 0 fully saturated rings. The Labute approximate surface area is 228 Å². The first-order valence-corrected chi connectivity index (χ1v) is 14.9. The molecule has 0 unspecified atom stereocenters. The second-order valence-electron chi connectivity index (χ2n) is 8.41. The molecule has 0 aliphatic carbocycles. The molecule has 1 amide bonds. The fourth-order valence-electron chi connectivity index (χ4n) is 3.85. The van der Waals surface area contributed by atoms with E-state index in [1.165, 1.54) is 23.5 Å². The molecular weight excluding hydrogens is 545 g/mol. The quantitative estimate of drug-likeness (QED) is 0.141. The lowest BCUT2D eigenvalue weighted by Gasteiger charge is -2.23. The van der Waals surface area contributed by atoms with Gasteiger partial charge in [-0.3, -0.25) is 19.4 Å². The van der Waals surface area contributed by atoms with Gasteiger partial charge in [0.05, 0.1) is 34.9 Å². The van der Waals surface area contributed by atoms with Crippen LogP contribution in [0.15, 0.2) is 77.5 Å². The summed E-state index contributed by atoms with van der Waals surface area (Å²) in [6, 6.07) is 18.9. The number of rotatable bonds is 13. The Bertz CT molecular complexity index is 1440. The molecule has 198 valence electrons. The third-order valence-corrected chi connectivity index (χ3v) is 8.01. The highest BCUT2D eigenvalue weighted by Gasteiger charge is 2.25. The fourth-order valence-corrected chi connectivity index (χ4v) is 5.97. The Morgan fingerprint density at radius 1 is 0.974 bits per heavy atom. The molecule has 0 aliphatic rings. The summed E-state index contributed by atoms with van der Waals surface area (Å²) >= 11 is 3.07. The van der Waals surface area contributed by atoms with Gasteiger partial charge in [-0.25, -0.2) is 4.98 Å². The van der Waals surface area contributed by atoms with Crippen LogP contribution < -0.4 is 15.4 Å². The second-order valence-corrected chi connectivity index (χ2v) is 11.4. The molecule has 4 N–H and O–H groups in total. The molecule has 0 aliphatic heterocycles. The standard InChI is InChI=1S/C26H26N4O5S3/c31-13-12-27-22(16-18-5-2-1-3-6-18)25(32)28-21(23-17-37-26(29-23)24-7-4-14-36-24)15-19-8-10-20(11-9-19)30-38(33,34)35/h1-11,13-14,17,21-22,27,30H,12,15-16H2,(H,28,32)(H,33,34,35)/t21-,22-/m0/s1. The van der Waals surface area contributed by atoms with Crippen LogP contribution >= 0.6 is 22.7 Å². The highest BCUT2D eigenvalue weighted by Crippen LogP contribution is 2.31. The number of nitrogens with one attached hydrogen (secondary N) is 3. The molecule has 9 nitrogen and oxygen atoms in total. The van der Waals surface area contributed by atoms with Crippen molar-refractivity contribution in [2.75, 3.05) is 11.3 Å². The number of carbonyl (C=O) groups is 2. The van der Waals surface area contributed by atoms with Gasteiger partial charge in [-0.15, -0.1) is 22.7 Å². The number of thiazole rings is 1. The summed E-state index contributed by atoms with van der Waals surface area (Å²) in [4.78, 5) is 30.3. The molecule has 2 aromatic heterocycles. The predicted octanol–water partition coefficient (Wildman–Crippen LogP) is 3.89. The first-order valence-electron chi connectivity index (χ1n) is 11.7. The lowest BCUT2D eigenvalue weighted by molar-refractivity contribution is -0.124. The smallest absolute Gasteiger partial charge is 0.346 e. The number of carbonyl (C=O) groups excluding carboxylic acids is 2. The van der Waals surface area contributed by atoms with Crippen molar-refractivity contribution in [3.63, 3.8) is 0 Å². The Morgan fingerprint density at radius 3 is 2.37 bits per heavy atom. The van der Waals surface area contributed by atoms with E-state index in [1.807, 2.05) is 57.9 Å². The molecule has 0 saturated heterocycles. The fraction of sp³-hybridized carbons (Fsp3) is 0.192. The van der Waals surface area contributed by atoms with E-state index in [0.717, 1.165) is 27.3 Å². The normalized spacial score (nSPS) is 13.0. The third-order valence-electron chi connectivity index (χ3n) is 5.61. The summed E-state index contributed by atoms with van der Waals surface area (Å²) in [5.74, 6) is -0.268. The maximum absolute atomic E-state index is 13.5. The molecule has 2 aromatic carbocycles. The Morgan fingerprint density at radius 2 is 1.71 bits per heavy atom. The first kappa shape index (κ1) is 27.6. The van der Waals surface area contributed by atoms with Gasteiger partial charge in [0.1, 0.15) is 11.3 Å². The van der Waals surface area contributed by atoms with Crippen LogP contribution in [0.1, 0.15) is 22.9 Å². The van der Waals surface area contributed by atoms with Gasteiger partial charge in [0.25, 0.3) is 0 Å². The monoisotopic (exact) mass is 570 g/mol. The van der Waals surface area contributed by atoms with E-state index in [2.05, 4.69) is 10.6 Å². The van der Waals surface area contributed by atoms with Gasteiger partial charge < -0.3 is 10.1 Å². The van der Waals surface area contributed by atoms with Gasteiger partial charge in [-0.05, 0) is 47.5 Å². The first-order chi connectivity index (χ1) is 18.3. The van der Waals surface area contributed by atoms with Crippen molar-refractivity contribution in [1.82, 2.24) is 15.6 Å². The number of benzene rings is 2. The molecule has 0 spiro atoms. The van der Waals surface area contributed by atoms with Crippen LogP contribution in [0, 0.1) is 0 Å².